The van der Waals surface area contributed by atoms with Crippen molar-refractivity contribution >= 4 is 40.2 Å². The Morgan fingerprint density at radius 2 is 2.08 bits per heavy atom. The Labute approximate surface area is 150 Å². The summed E-state index contributed by atoms with van der Waals surface area (Å²) in [6, 6.07) is 15.8. The van der Waals surface area contributed by atoms with Gasteiger partial charge in [-0.25, -0.2) is 0 Å². The minimum Gasteiger partial charge on any atom is -0.347 e. The number of carbonyl (C=O) groups is 1. The predicted molar refractivity (Wildman–Crippen MR) is 99.9 cm³/mol. The molecule has 1 aromatic heterocycles. The van der Waals surface area contributed by atoms with Crippen LogP contribution in [0.25, 0.3) is 10.9 Å². The molecule has 1 aliphatic heterocycles. The molecule has 0 aliphatic carbocycles. The predicted octanol–water partition coefficient (Wildman–Crippen LogP) is 4.72. The molecule has 0 fully saturated rings. The van der Waals surface area contributed by atoms with Crippen LogP contribution in [0.2, 0.25) is 5.02 Å². The lowest BCUT2D eigenvalue weighted by Gasteiger charge is -2.22. The summed E-state index contributed by atoms with van der Waals surface area (Å²) in [5, 5.41) is 5.30. The van der Waals surface area contributed by atoms with E-state index < -0.39 is 0 Å². The molecule has 0 bridgehead atoms. The van der Waals surface area contributed by atoms with Crippen molar-refractivity contribution in [2.45, 2.75) is 30.2 Å². The summed E-state index contributed by atoms with van der Waals surface area (Å²) in [7, 11) is 0. The van der Waals surface area contributed by atoms with Crippen LogP contribution in [-0.2, 0) is 13.1 Å². The fourth-order valence-electron chi connectivity index (χ4n) is 3.15. The highest BCUT2D eigenvalue weighted by Crippen LogP contribution is 2.38. The number of carbonyl (C=O) groups excluding carboxylic acids is 1. The Balaban J connectivity index is 1.62. The van der Waals surface area contributed by atoms with Gasteiger partial charge in [0.25, 0.3) is 5.91 Å². The third kappa shape index (κ3) is 2.80. The van der Waals surface area contributed by atoms with Gasteiger partial charge in [-0.3, -0.25) is 4.79 Å². The highest BCUT2D eigenvalue weighted by molar-refractivity contribution is 8.00. The van der Waals surface area contributed by atoms with Crippen LogP contribution in [-0.4, -0.2) is 15.7 Å². The van der Waals surface area contributed by atoms with Gasteiger partial charge in [-0.1, -0.05) is 42.8 Å². The summed E-state index contributed by atoms with van der Waals surface area (Å²) in [5.41, 5.74) is 2.95. The number of hydrogen-bond donors (Lipinski definition) is 1. The number of thioether (sulfide) groups is 1. The molecule has 1 N–H and O–H groups in total. The van der Waals surface area contributed by atoms with Crippen molar-refractivity contribution in [2.24, 2.45) is 0 Å². The average Bonchev–Trinajstić information content (AvgIpc) is 2.94. The first kappa shape index (κ1) is 15.6. The van der Waals surface area contributed by atoms with Crippen molar-refractivity contribution in [1.82, 2.24) is 9.88 Å². The van der Waals surface area contributed by atoms with Crippen LogP contribution in [0.1, 0.15) is 23.0 Å². The minimum atomic E-state index is -0.0359. The minimum absolute atomic E-state index is 0.0359. The zero-order chi connectivity index (χ0) is 16.7. The lowest BCUT2D eigenvalue weighted by molar-refractivity contribution is 0.0942. The lowest BCUT2D eigenvalue weighted by atomic mass is 10.2. The fourth-order valence-corrected chi connectivity index (χ4v) is 4.43. The highest BCUT2D eigenvalue weighted by atomic mass is 35.5. The zero-order valence-electron chi connectivity index (χ0n) is 13.3. The molecule has 2 aromatic carbocycles. The van der Waals surface area contributed by atoms with Gasteiger partial charge in [0.05, 0.1) is 5.52 Å². The van der Waals surface area contributed by atoms with E-state index in [0.717, 1.165) is 23.2 Å². The Morgan fingerprint density at radius 3 is 2.88 bits per heavy atom. The molecule has 0 saturated heterocycles. The second-order valence-electron chi connectivity index (χ2n) is 6.07. The number of rotatable bonds is 3. The largest absolute Gasteiger partial charge is 0.347 e. The maximum atomic E-state index is 12.7. The van der Waals surface area contributed by atoms with E-state index >= 15 is 0 Å². The summed E-state index contributed by atoms with van der Waals surface area (Å²) in [5.74, 6) is -0.0359. The molecule has 5 heteroatoms. The summed E-state index contributed by atoms with van der Waals surface area (Å²) in [6.07, 6.45) is 0. The van der Waals surface area contributed by atoms with Crippen molar-refractivity contribution in [3.63, 3.8) is 0 Å². The zero-order valence-corrected chi connectivity index (χ0v) is 14.8. The molecule has 24 heavy (non-hydrogen) atoms. The molecular formula is C19H17ClN2OS. The highest BCUT2D eigenvalue weighted by Gasteiger charge is 2.23. The van der Waals surface area contributed by atoms with Crippen molar-refractivity contribution in [3.05, 3.63) is 64.8 Å². The molecule has 0 spiro atoms. The normalized spacial score (nSPS) is 16.3. The maximum absolute atomic E-state index is 12.7. The van der Waals surface area contributed by atoms with E-state index in [9.17, 15) is 4.79 Å². The number of nitrogens with one attached hydrogen (secondary N) is 1. The van der Waals surface area contributed by atoms with Crippen LogP contribution in [0.4, 0.5) is 0 Å². The van der Waals surface area contributed by atoms with Crippen LogP contribution in [0.3, 0.4) is 0 Å². The van der Waals surface area contributed by atoms with Gasteiger partial charge in [-0.15, -0.1) is 11.8 Å². The van der Waals surface area contributed by atoms with Gasteiger partial charge >= 0.3 is 0 Å². The first-order chi connectivity index (χ1) is 11.6. The molecule has 0 unspecified atom stereocenters. The fraction of sp³-hybridized carbons (Fsp3) is 0.211. The number of aromatic nitrogens is 1. The molecule has 4 rings (SSSR count). The Hall–Kier alpha value is -1.91. The third-order valence-corrected chi connectivity index (χ3v) is 5.64. The van der Waals surface area contributed by atoms with Gasteiger partial charge in [-0.05, 0) is 29.8 Å². The van der Waals surface area contributed by atoms with Crippen molar-refractivity contribution in [2.75, 3.05) is 0 Å². The molecule has 0 radical (unpaired) electrons. The van der Waals surface area contributed by atoms with Gasteiger partial charge in [0.1, 0.15) is 5.69 Å². The SMILES string of the molecule is C[C@@H]1Cn2c(C(=O)NCc3ccc(Cl)cc3)cc3cccc(c32)S1. The first-order valence-electron chi connectivity index (χ1n) is 7.93. The Kier molecular flexibility index (Phi) is 4.02. The first-order valence-corrected chi connectivity index (χ1v) is 9.19. The van der Waals surface area contributed by atoms with Crippen LogP contribution in [0, 0.1) is 0 Å². The maximum Gasteiger partial charge on any atom is 0.268 e. The van der Waals surface area contributed by atoms with E-state index in [0.29, 0.717) is 16.8 Å². The summed E-state index contributed by atoms with van der Waals surface area (Å²) < 4.78 is 2.16. The number of nitrogens with zero attached hydrogens (tertiary/aromatic N) is 1. The van der Waals surface area contributed by atoms with E-state index in [1.54, 1.807) is 0 Å². The number of halogens is 1. The van der Waals surface area contributed by atoms with E-state index in [1.165, 1.54) is 10.4 Å². The van der Waals surface area contributed by atoms with Gasteiger partial charge in [0.15, 0.2) is 0 Å². The molecule has 3 nitrogen and oxygen atoms in total. The van der Waals surface area contributed by atoms with E-state index in [4.69, 9.17) is 11.6 Å². The van der Waals surface area contributed by atoms with Crippen LogP contribution >= 0.6 is 23.4 Å². The van der Waals surface area contributed by atoms with E-state index in [-0.39, 0.29) is 5.91 Å². The number of para-hydroxylation sites is 1. The van der Waals surface area contributed by atoms with Crippen molar-refractivity contribution < 1.29 is 4.79 Å². The Bertz CT molecular complexity index is 917. The van der Waals surface area contributed by atoms with E-state index in [1.807, 2.05) is 42.1 Å². The van der Waals surface area contributed by atoms with Gasteiger partial charge in [0, 0.05) is 33.6 Å². The number of benzene rings is 2. The molecule has 122 valence electrons. The van der Waals surface area contributed by atoms with Gasteiger partial charge < -0.3 is 9.88 Å². The second-order valence-corrected chi connectivity index (χ2v) is 7.99. The van der Waals surface area contributed by atoms with E-state index in [2.05, 4.69) is 35.0 Å². The van der Waals surface area contributed by atoms with Crippen molar-refractivity contribution in [3.8, 4) is 0 Å². The number of hydrogen-bond acceptors (Lipinski definition) is 2. The molecule has 1 amide bonds. The monoisotopic (exact) mass is 356 g/mol. The summed E-state index contributed by atoms with van der Waals surface area (Å²) in [6.45, 7) is 3.55. The van der Waals surface area contributed by atoms with Crippen molar-refractivity contribution in [1.29, 1.82) is 0 Å². The molecule has 1 atom stereocenters. The second kappa shape index (κ2) is 6.19. The molecule has 3 aromatic rings. The lowest BCUT2D eigenvalue weighted by Crippen LogP contribution is -2.27. The standard InChI is InChI=1S/C19H17ClN2OS/c1-12-11-22-16(9-14-3-2-4-17(24-12)18(14)22)19(23)21-10-13-5-7-15(20)8-6-13/h2-9,12H,10-11H2,1H3,(H,21,23)/t12-/m1/s1. The summed E-state index contributed by atoms with van der Waals surface area (Å²) in [4.78, 5) is 14.0. The topological polar surface area (TPSA) is 34.0 Å². The smallest absolute Gasteiger partial charge is 0.268 e. The Morgan fingerprint density at radius 1 is 1.29 bits per heavy atom. The third-order valence-electron chi connectivity index (χ3n) is 4.25. The molecular weight excluding hydrogens is 340 g/mol. The summed E-state index contributed by atoms with van der Waals surface area (Å²) >= 11 is 7.77. The molecule has 2 heterocycles. The van der Waals surface area contributed by atoms with Gasteiger partial charge in [-0.2, -0.15) is 0 Å². The number of amides is 1. The quantitative estimate of drug-likeness (QED) is 0.736. The van der Waals surface area contributed by atoms with Gasteiger partial charge in [0.2, 0.25) is 0 Å². The molecule has 1 aliphatic rings. The van der Waals surface area contributed by atoms with Crippen LogP contribution in [0.15, 0.2) is 53.4 Å². The van der Waals surface area contributed by atoms with Crippen LogP contribution in [0.5, 0.6) is 0 Å². The van der Waals surface area contributed by atoms with Crippen LogP contribution < -0.4 is 5.32 Å². The average molecular weight is 357 g/mol. The molecule has 0 saturated carbocycles.